The third-order valence-corrected chi connectivity index (χ3v) is 2.74. The second kappa shape index (κ2) is 11.1. The van der Waals surface area contributed by atoms with Gasteiger partial charge >= 0.3 is 5.97 Å². The van der Waals surface area contributed by atoms with E-state index in [1.165, 1.54) is 0 Å². The highest BCUT2D eigenvalue weighted by Crippen LogP contribution is 2.07. The minimum Gasteiger partial charge on any atom is -0.491 e. The standard InChI is InChI=1S/C16H25NO4/c1-3-10-17-15(16(18)20-4-2)13-19-11-12-21-14-8-6-5-7-9-14/h5-9,15,17H,3-4,10-13H2,1-2H3. The van der Waals surface area contributed by atoms with Crippen LogP contribution in [0.2, 0.25) is 0 Å². The number of carbonyl (C=O) groups excluding carboxylic acids is 1. The summed E-state index contributed by atoms with van der Waals surface area (Å²) in [4.78, 5) is 11.7. The number of esters is 1. The summed E-state index contributed by atoms with van der Waals surface area (Å²) in [7, 11) is 0. The van der Waals surface area contributed by atoms with Crippen LogP contribution in [0.25, 0.3) is 0 Å². The summed E-state index contributed by atoms with van der Waals surface area (Å²) >= 11 is 0. The summed E-state index contributed by atoms with van der Waals surface area (Å²) < 4.78 is 16.0. The summed E-state index contributed by atoms with van der Waals surface area (Å²) in [6, 6.07) is 9.14. The highest BCUT2D eigenvalue weighted by atomic mass is 16.5. The minimum absolute atomic E-state index is 0.269. The van der Waals surface area contributed by atoms with E-state index in [0.29, 0.717) is 19.8 Å². The largest absolute Gasteiger partial charge is 0.491 e. The molecule has 0 fully saturated rings. The normalized spacial score (nSPS) is 11.9. The average Bonchev–Trinajstić information content (AvgIpc) is 2.51. The number of carbonyl (C=O) groups is 1. The van der Waals surface area contributed by atoms with Crippen LogP contribution in [-0.2, 0) is 14.3 Å². The first-order valence-corrected chi connectivity index (χ1v) is 7.43. The van der Waals surface area contributed by atoms with Crippen molar-refractivity contribution < 1.29 is 19.0 Å². The molecule has 21 heavy (non-hydrogen) atoms. The first-order valence-electron chi connectivity index (χ1n) is 7.43. The van der Waals surface area contributed by atoms with Gasteiger partial charge < -0.3 is 19.5 Å². The van der Waals surface area contributed by atoms with Crippen molar-refractivity contribution in [2.75, 3.05) is 33.0 Å². The summed E-state index contributed by atoms with van der Waals surface area (Å²) in [5.74, 6) is 0.544. The van der Waals surface area contributed by atoms with Gasteiger partial charge in [-0.15, -0.1) is 0 Å². The van der Waals surface area contributed by atoms with Gasteiger partial charge in [0.25, 0.3) is 0 Å². The van der Waals surface area contributed by atoms with E-state index in [0.717, 1.165) is 18.7 Å². The first-order chi connectivity index (χ1) is 10.3. The van der Waals surface area contributed by atoms with Crippen LogP contribution in [0.4, 0.5) is 0 Å². The van der Waals surface area contributed by atoms with E-state index in [4.69, 9.17) is 14.2 Å². The van der Waals surface area contributed by atoms with E-state index >= 15 is 0 Å². The Morgan fingerprint density at radius 3 is 2.62 bits per heavy atom. The number of nitrogens with one attached hydrogen (secondary N) is 1. The van der Waals surface area contributed by atoms with Crippen LogP contribution in [-0.4, -0.2) is 45.0 Å². The van der Waals surface area contributed by atoms with Crippen LogP contribution in [0.3, 0.4) is 0 Å². The molecule has 5 nitrogen and oxygen atoms in total. The Labute approximate surface area is 126 Å². The lowest BCUT2D eigenvalue weighted by molar-refractivity contribution is -0.147. The van der Waals surface area contributed by atoms with E-state index in [9.17, 15) is 4.79 Å². The molecule has 0 amide bonds. The van der Waals surface area contributed by atoms with Crippen LogP contribution >= 0.6 is 0 Å². The predicted octanol–water partition coefficient (Wildman–Crippen LogP) is 2.01. The lowest BCUT2D eigenvalue weighted by Crippen LogP contribution is -2.42. The quantitative estimate of drug-likeness (QED) is 0.500. The van der Waals surface area contributed by atoms with Gasteiger partial charge in [-0.2, -0.15) is 0 Å². The fourth-order valence-electron chi connectivity index (χ4n) is 1.71. The van der Waals surface area contributed by atoms with Crippen molar-refractivity contribution in [2.45, 2.75) is 26.3 Å². The van der Waals surface area contributed by atoms with Gasteiger partial charge in [-0.3, -0.25) is 4.79 Å². The van der Waals surface area contributed by atoms with Crippen molar-refractivity contribution >= 4 is 5.97 Å². The molecule has 0 bridgehead atoms. The molecule has 118 valence electrons. The van der Waals surface area contributed by atoms with Gasteiger partial charge in [-0.1, -0.05) is 25.1 Å². The van der Waals surface area contributed by atoms with Gasteiger partial charge in [0.15, 0.2) is 0 Å². The van der Waals surface area contributed by atoms with Crippen molar-refractivity contribution in [3.63, 3.8) is 0 Å². The summed E-state index contributed by atoms with van der Waals surface area (Å²) in [6.45, 7) is 6.14. The highest BCUT2D eigenvalue weighted by molar-refractivity contribution is 5.75. The molecule has 1 atom stereocenters. The van der Waals surface area contributed by atoms with Crippen molar-refractivity contribution in [1.82, 2.24) is 5.32 Å². The van der Waals surface area contributed by atoms with E-state index in [1.807, 2.05) is 37.3 Å². The maximum Gasteiger partial charge on any atom is 0.325 e. The zero-order valence-electron chi connectivity index (χ0n) is 12.8. The molecule has 0 heterocycles. The second-order valence-corrected chi connectivity index (χ2v) is 4.50. The molecule has 1 N–H and O–H groups in total. The molecule has 0 aliphatic heterocycles. The minimum atomic E-state index is -0.415. The average molecular weight is 295 g/mol. The molecule has 0 saturated carbocycles. The Morgan fingerprint density at radius 1 is 1.19 bits per heavy atom. The molecular weight excluding hydrogens is 270 g/mol. The van der Waals surface area contributed by atoms with E-state index < -0.39 is 6.04 Å². The maximum absolute atomic E-state index is 11.7. The molecule has 0 saturated heterocycles. The molecule has 0 aromatic heterocycles. The van der Waals surface area contributed by atoms with E-state index in [2.05, 4.69) is 5.32 Å². The Hall–Kier alpha value is -1.59. The lowest BCUT2D eigenvalue weighted by Gasteiger charge is -2.17. The predicted molar refractivity (Wildman–Crippen MR) is 81.5 cm³/mol. The molecule has 0 radical (unpaired) electrons. The van der Waals surface area contributed by atoms with Gasteiger partial charge in [-0.05, 0) is 32.0 Å². The SMILES string of the molecule is CCCNC(COCCOc1ccccc1)C(=O)OCC. The fourth-order valence-corrected chi connectivity index (χ4v) is 1.71. The van der Waals surface area contributed by atoms with Gasteiger partial charge in [0.05, 0.1) is 19.8 Å². The number of para-hydroxylation sites is 1. The Bertz CT molecular complexity index is 383. The van der Waals surface area contributed by atoms with Crippen molar-refractivity contribution in [2.24, 2.45) is 0 Å². The van der Waals surface area contributed by atoms with Crippen molar-refractivity contribution in [3.8, 4) is 5.75 Å². The van der Waals surface area contributed by atoms with E-state index in [1.54, 1.807) is 6.92 Å². The number of rotatable bonds is 11. The number of hydrogen-bond acceptors (Lipinski definition) is 5. The molecule has 0 aliphatic carbocycles. The zero-order valence-corrected chi connectivity index (χ0v) is 12.8. The molecular formula is C16H25NO4. The zero-order chi connectivity index (χ0) is 15.3. The summed E-state index contributed by atoms with van der Waals surface area (Å²) in [5.41, 5.74) is 0. The van der Waals surface area contributed by atoms with Crippen LogP contribution in [0.15, 0.2) is 30.3 Å². The second-order valence-electron chi connectivity index (χ2n) is 4.50. The molecule has 0 spiro atoms. The van der Waals surface area contributed by atoms with Crippen LogP contribution in [0.1, 0.15) is 20.3 Å². The van der Waals surface area contributed by atoms with Gasteiger partial charge in [-0.25, -0.2) is 0 Å². The van der Waals surface area contributed by atoms with Crippen molar-refractivity contribution in [3.05, 3.63) is 30.3 Å². The molecule has 5 heteroatoms. The molecule has 1 rings (SSSR count). The number of benzene rings is 1. The first kappa shape index (κ1) is 17.5. The number of hydrogen-bond donors (Lipinski definition) is 1. The molecule has 1 aromatic rings. The van der Waals surface area contributed by atoms with Crippen LogP contribution in [0, 0.1) is 0 Å². The Kier molecular flexibility index (Phi) is 9.24. The highest BCUT2D eigenvalue weighted by Gasteiger charge is 2.18. The van der Waals surface area contributed by atoms with Gasteiger partial charge in [0.1, 0.15) is 18.4 Å². The summed E-state index contributed by atoms with van der Waals surface area (Å²) in [6.07, 6.45) is 0.951. The molecule has 1 unspecified atom stereocenters. The Morgan fingerprint density at radius 2 is 1.95 bits per heavy atom. The van der Waals surface area contributed by atoms with Gasteiger partial charge in [0.2, 0.25) is 0 Å². The maximum atomic E-state index is 11.7. The third kappa shape index (κ3) is 7.68. The Balaban J connectivity index is 2.21. The summed E-state index contributed by atoms with van der Waals surface area (Å²) in [5, 5.41) is 3.12. The van der Waals surface area contributed by atoms with Gasteiger partial charge in [0, 0.05) is 0 Å². The van der Waals surface area contributed by atoms with Crippen molar-refractivity contribution in [1.29, 1.82) is 0 Å². The monoisotopic (exact) mass is 295 g/mol. The topological polar surface area (TPSA) is 56.8 Å². The third-order valence-electron chi connectivity index (χ3n) is 2.74. The van der Waals surface area contributed by atoms with Crippen LogP contribution in [0.5, 0.6) is 5.75 Å². The molecule has 1 aromatic carbocycles. The van der Waals surface area contributed by atoms with Crippen LogP contribution < -0.4 is 10.1 Å². The van der Waals surface area contributed by atoms with E-state index in [-0.39, 0.29) is 12.6 Å². The number of ether oxygens (including phenoxy) is 3. The fraction of sp³-hybridized carbons (Fsp3) is 0.562. The lowest BCUT2D eigenvalue weighted by atomic mass is 10.3. The molecule has 0 aliphatic rings. The smallest absolute Gasteiger partial charge is 0.325 e.